The first kappa shape index (κ1) is 25.9. The number of methoxy groups -OCH3 is 1. The highest BCUT2D eigenvalue weighted by Crippen LogP contribution is 2.34. The highest BCUT2D eigenvalue weighted by molar-refractivity contribution is 6.03. The van der Waals surface area contributed by atoms with Crippen molar-refractivity contribution in [2.24, 2.45) is 5.10 Å². The summed E-state index contributed by atoms with van der Waals surface area (Å²) in [6.07, 6.45) is 1.56. The lowest BCUT2D eigenvalue weighted by Crippen LogP contribution is -2.21. The maximum Gasteiger partial charge on any atom is 0.308 e. The first-order chi connectivity index (χ1) is 18.8. The highest BCUT2D eigenvalue weighted by Gasteiger charge is 2.19. The molecule has 0 aliphatic carbocycles. The molecule has 0 amide bonds. The number of carbonyl (C=O) groups is 1. The van der Waals surface area contributed by atoms with E-state index in [0.717, 1.165) is 33.2 Å². The molecular formula is C32H29N3O4. The summed E-state index contributed by atoms with van der Waals surface area (Å²) in [6.45, 7) is 7.49. The molecule has 7 heteroatoms. The number of aromatic nitrogens is 2. The van der Waals surface area contributed by atoms with Crippen LogP contribution in [0.3, 0.4) is 0 Å². The van der Waals surface area contributed by atoms with Crippen molar-refractivity contribution < 1.29 is 14.3 Å². The first-order valence-corrected chi connectivity index (χ1v) is 12.7. The molecule has 0 spiro atoms. The topological polar surface area (TPSA) is 82.8 Å². The number of fused-ring (bicyclic) bond motifs is 2. The van der Waals surface area contributed by atoms with Crippen LogP contribution in [0.1, 0.15) is 43.4 Å². The summed E-state index contributed by atoms with van der Waals surface area (Å²) < 4.78 is 12.5. The molecule has 0 fully saturated rings. The number of nitrogens with zero attached hydrogens (tertiary/aromatic N) is 3. The Bertz CT molecular complexity index is 1820. The summed E-state index contributed by atoms with van der Waals surface area (Å²) in [6, 6.07) is 22.5. The molecule has 0 aliphatic rings. The van der Waals surface area contributed by atoms with Crippen LogP contribution < -0.4 is 15.0 Å². The second-order valence-corrected chi connectivity index (χ2v) is 9.67. The number of benzene rings is 4. The summed E-state index contributed by atoms with van der Waals surface area (Å²) in [5.41, 5.74) is 3.54. The van der Waals surface area contributed by atoms with Gasteiger partial charge in [-0.2, -0.15) is 9.78 Å². The predicted octanol–water partition coefficient (Wildman–Crippen LogP) is 6.46. The van der Waals surface area contributed by atoms with Gasteiger partial charge in [-0.15, -0.1) is 0 Å². The smallest absolute Gasteiger partial charge is 0.308 e. The second kappa shape index (κ2) is 10.5. The molecule has 0 saturated heterocycles. The van der Waals surface area contributed by atoms with E-state index in [2.05, 4.69) is 18.9 Å². The molecule has 1 aromatic heterocycles. The number of para-hydroxylation sites is 1. The monoisotopic (exact) mass is 519 g/mol. The molecule has 196 valence electrons. The molecular weight excluding hydrogens is 490 g/mol. The largest absolute Gasteiger partial charge is 0.496 e. The van der Waals surface area contributed by atoms with Crippen LogP contribution >= 0.6 is 0 Å². The Morgan fingerprint density at radius 2 is 1.69 bits per heavy atom. The molecule has 0 atom stereocenters. The van der Waals surface area contributed by atoms with Gasteiger partial charge in [0.2, 0.25) is 0 Å². The lowest BCUT2D eigenvalue weighted by molar-refractivity contribution is -0.131. The molecule has 0 N–H and O–H groups in total. The number of esters is 1. The zero-order chi connectivity index (χ0) is 27.7. The van der Waals surface area contributed by atoms with Crippen molar-refractivity contribution in [3.63, 3.8) is 0 Å². The molecule has 5 rings (SSSR count). The van der Waals surface area contributed by atoms with Crippen LogP contribution in [0.15, 0.2) is 82.7 Å². The standard InChI is InChI=1S/C32H29N3O4/c1-19(2)25-17-26(20(3)16-30(25)38-5)31-34-28-13-9-8-12-24(28)32(37)35(31)33-18-27-23-11-7-6-10-22(23)14-15-29(27)39-21(4)36/h6-19H,1-5H3. The summed E-state index contributed by atoms with van der Waals surface area (Å²) in [7, 11) is 1.65. The summed E-state index contributed by atoms with van der Waals surface area (Å²) in [5.74, 6) is 1.29. The summed E-state index contributed by atoms with van der Waals surface area (Å²) in [5, 5.41) is 6.91. The lowest BCUT2D eigenvalue weighted by atomic mass is 9.96. The number of hydrogen-bond donors (Lipinski definition) is 0. The van der Waals surface area contributed by atoms with Crippen LogP contribution in [0, 0.1) is 6.92 Å². The van der Waals surface area contributed by atoms with Gasteiger partial charge < -0.3 is 9.47 Å². The van der Waals surface area contributed by atoms with Crippen molar-refractivity contribution in [2.45, 2.75) is 33.6 Å². The fourth-order valence-electron chi connectivity index (χ4n) is 4.74. The Labute approximate surface area is 226 Å². The quantitative estimate of drug-likeness (QED) is 0.146. The Morgan fingerprint density at radius 1 is 0.974 bits per heavy atom. The minimum absolute atomic E-state index is 0.186. The van der Waals surface area contributed by atoms with Gasteiger partial charge in [-0.05, 0) is 65.1 Å². The van der Waals surface area contributed by atoms with Crippen molar-refractivity contribution in [2.75, 3.05) is 7.11 Å². The normalized spacial score (nSPS) is 11.5. The maximum absolute atomic E-state index is 13.8. The van der Waals surface area contributed by atoms with Crippen LogP contribution in [0.25, 0.3) is 33.1 Å². The number of carbonyl (C=O) groups excluding carboxylic acids is 1. The third-order valence-corrected chi connectivity index (χ3v) is 6.68. The van der Waals surface area contributed by atoms with E-state index in [1.165, 1.54) is 11.6 Å². The minimum atomic E-state index is -0.444. The number of hydrogen-bond acceptors (Lipinski definition) is 6. The highest BCUT2D eigenvalue weighted by atomic mass is 16.5. The molecule has 1 heterocycles. The van der Waals surface area contributed by atoms with E-state index >= 15 is 0 Å². The van der Waals surface area contributed by atoms with Gasteiger partial charge in [-0.3, -0.25) is 9.59 Å². The molecule has 0 saturated carbocycles. The van der Waals surface area contributed by atoms with Crippen molar-refractivity contribution >= 4 is 33.9 Å². The third-order valence-electron chi connectivity index (χ3n) is 6.68. The van der Waals surface area contributed by atoms with Crippen LogP contribution in [0.2, 0.25) is 0 Å². The Hall–Kier alpha value is -4.78. The van der Waals surface area contributed by atoms with E-state index in [0.29, 0.717) is 28.0 Å². The van der Waals surface area contributed by atoms with E-state index < -0.39 is 5.97 Å². The number of ether oxygens (including phenoxy) is 2. The van der Waals surface area contributed by atoms with Crippen molar-refractivity contribution in [3.05, 3.63) is 99.8 Å². The van der Waals surface area contributed by atoms with E-state index in [1.807, 2.05) is 61.5 Å². The fraction of sp³-hybridized carbons (Fsp3) is 0.188. The van der Waals surface area contributed by atoms with Crippen LogP contribution in [0.5, 0.6) is 11.5 Å². The molecule has 0 radical (unpaired) electrons. The summed E-state index contributed by atoms with van der Waals surface area (Å²) in [4.78, 5) is 30.6. The first-order valence-electron chi connectivity index (χ1n) is 12.7. The van der Waals surface area contributed by atoms with Crippen molar-refractivity contribution in [1.82, 2.24) is 9.66 Å². The molecule has 0 aliphatic heterocycles. The molecule has 7 nitrogen and oxygen atoms in total. The van der Waals surface area contributed by atoms with E-state index in [1.54, 1.807) is 31.5 Å². The van der Waals surface area contributed by atoms with Gasteiger partial charge in [-0.25, -0.2) is 4.98 Å². The van der Waals surface area contributed by atoms with Crippen molar-refractivity contribution in [3.8, 4) is 22.9 Å². The molecule has 5 aromatic rings. The Kier molecular flexibility index (Phi) is 6.98. The van der Waals surface area contributed by atoms with Crippen molar-refractivity contribution in [1.29, 1.82) is 0 Å². The SMILES string of the molecule is COc1cc(C)c(-c2nc3ccccc3c(=O)n2N=Cc2c(OC(C)=O)ccc3ccccc23)cc1C(C)C. The van der Waals surface area contributed by atoms with Gasteiger partial charge >= 0.3 is 5.97 Å². The summed E-state index contributed by atoms with van der Waals surface area (Å²) >= 11 is 0. The van der Waals surface area contributed by atoms with E-state index in [4.69, 9.17) is 14.5 Å². The van der Waals surface area contributed by atoms with Gasteiger partial charge in [-0.1, -0.05) is 56.3 Å². The van der Waals surface area contributed by atoms with Gasteiger partial charge in [0, 0.05) is 18.1 Å². The lowest BCUT2D eigenvalue weighted by Gasteiger charge is -2.17. The zero-order valence-electron chi connectivity index (χ0n) is 22.6. The van der Waals surface area contributed by atoms with Gasteiger partial charge in [0.1, 0.15) is 11.5 Å². The molecule has 39 heavy (non-hydrogen) atoms. The number of rotatable bonds is 6. The minimum Gasteiger partial charge on any atom is -0.496 e. The molecule has 0 bridgehead atoms. The van der Waals surface area contributed by atoms with Crippen LogP contribution in [0.4, 0.5) is 0 Å². The Morgan fingerprint density at radius 3 is 2.41 bits per heavy atom. The Balaban J connectivity index is 1.79. The average molecular weight is 520 g/mol. The molecule has 0 unspecified atom stereocenters. The fourth-order valence-corrected chi connectivity index (χ4v) is 4.74. The molecule has 4 aromatic carbocycles. The zero-order valence-corrected chi connectivity index (χ0v) is 22.6. The number of aryl methyl sites for hydroxylation is 1. The predicted molar refractivity (Wildman–Crippen MR) is 155 cm³/mol. The average Bonchev–Trinajstić information content (AvgIpc) is 2.92. The van der Waals surface area contributed by atoms with E-state index in [-0.39, 0.29) is 11.5 Å². The maximum atomic E-state index is 13.8. The van der Waals surface area contributed by atoms with Gasteiger partial charge in [0.15, 0.2) is 5.82 Å². The van der Waals surface area contributed by atoms with Crippen LogP contribution in [-0.4, -0.2) is 29.0 Å². The van der Waals surface area contributed by atoms with E-state index in [9.17, 15) is 9.59 Å². The van der Waals surface area contributed by atoms with Crippen LogP contribution in [-0.2, 0) is 4.79 Å². The second-order valence-electron chi connectivity index (χ2n) is 9.67. The van der Waals surface area contributed by atoms with Gasteiger partial charge in [0.05, 0.1) is 24.2 Å². The third kappa shape index (κ3) is 4.91. The van der Waals surface area contributed by atoms with Gasteiger partial charge in [0.25, 0.3) is 5.56 Å².